The molecule has 0 spiro atoms. The van der Waals surface area contributed by atoms with E-state index in [1.165, 1.54) is 0 Å². The molecular weight excluding hydrogens is 300 g/mol. The number of carbonyl (C=O) groups excluding carboxylic acids is 1. The highest BCUT2D eigenvalue weighted by atomic mass is 79.9. The fraction of sp³-hybridized carbons (Fsp3) is 0.417. The number of anilines is 1. The molecule has 0 fully saturated rings. The molecule has 100 valence electrons. The maximum Gasteiger partial charge on any atom is 0.319 e. The molecule has 18 heavy (non-hydrogen) atoms. The first-order valence-electron chi connectivity index (χ1n) is 5.68. The summed E-state index contributed by atoms with van der Waals surface area (Å²) in [7, 11) is 0. The smallest absolute Gasteiger partial charge is 0.319 e. The van der Waals surface area contributed by atoms with Gasteiger partial charge in [0.15, 0.2) is 0 Å². The number of carbonyl (C=O) groups is 1. The number of urea groups is 1. The summed E-state index contributed by atoms with van der Waals surface area (Å²) in [6.07, 6.45) is -0.567. The van der Waals surface area contributed by atoms with E-state index in [1.54, 1.807) is 25.1 Å². The van der Waals surface area contributed by atoms with E-state index < -0.39 is 6.10 Å². The van der Waals surface area contributed by atoms with Crippen molar-refractivity contribution in [1.82, 2.24) is 5.32 Å². The van der Waals surface area contributed by atoms with Crippen molar-refractivity contribution >= 4 is 27.6 Å². The number of amides is 2. The maximum atomic E-state index is 11.5. The van der Waals surface area contributed by atoms with E-state index in [2.05, 4.69) is 26.6 Å². The van der Waals surface area contributed by atoms with Crippen LogP contribution in [0.3, 0.4) is 0 Å². The maximum absolute atomic E-state index is 11.5. The van der Waals surface area contributed by atoms with Gasteiger partial charge in [-0.1, -0.05) is 0 Å². The molecule has 0 aliphatic carbocycles. The highest BCUT2D eigenvalue weighted by molar-refractivity contribution is 9.10. The summed E-state index contributed by atoms with van der Waals surface area (Å²) in [5.74, 6) is 0.729. The lowest BCUT2D eigenvalue weighted by Gasteiger charge is -2.11. The highest BCUT2D eigenvalue weighted by Gasteiger charge is 2.06. The van der Waals surface area contributed by atoms with Crippen molar-refractivity contribution < 1.29 is 14.6 Å². The minimum absolute atomic E-state index is 0.212. The molecule has 3 N–H and O–H groups in total. The highest BCUT2D eigenvalue weighted by Crippen LogP contribution is 2.27. The van der Waals surface area contributed by atoms with E-state index in [1.807, 2.05) is 6.92 Å². The second-order valence-electron chi connectivity index (χ2n) is 3.76. The molecule has 1 aromatic rings. The van der Waals surface area contributed by atoms with E-state index >= 15 is 0 Å². The van der Waals surface area contributed by atoms with Crippen LogP contribution in [-0.4, -0.2) is 30.4 Å². The summed E-state index contributed by atoms with van der Waals surface area (Å²) in [5.41, 5.74) is 0.647. The summed E-state index contributed by atoms with van der Waals surface area (Å²) in [6.45, 7) is 4.31. The van der Waals surface area contributed by atoms with Crippen molar-refractivity contribution in [3.8, 4) is 5.75 Å². The lowest BCUT2D eigenvalue weighted by Crippen LogP contribution is -2.34. The number of benzene rings is 1. The topological polar surface area (TPSA) is 70.6 Å². The normalized spacial score (nSPS) is 11.8. The van der Waals surface area contributed by atoms with Crippen LogP contribution in [0, 0.1) is 0 Å². The minimum atomic E-state index is -0.567. The Hall–Kier alpha value is -1.27. The molecular formula is C12H17BrN2O3. The van der Waals surface area contributed by atoms with Gasteiger partial charge in [0.25, 0.3) is 0 Å². The van der Waals surface area contributed by atoms with Gasteiger partial charge in [0.05, 0.1) is 17.2 Å². The number of ether oxygens (including phenoxy) is 1. The summed E-state index contributed by atoms with van der Waals surface area (Å²) < 4.78 is 6.14. The monoisotopic (exact) mass is 316 g/mol. The minimum Gasteiger partial charge on any atom is -0.493 e. The molecule has 0 aliphatic rings. The molecule has 0 bridgehead atoms. The number of hydrogen-bond acceptors (Lipinski definition) is 3. The molecule has 0 saturated carbocycles. The van der Waals surface area contributed by atoms with Gasteiger partial charge in [-0.25, -0.2) is 4.79 Å². The van der Waals surface area contributed by atoms with Crippen molar-refractivity contribution in [2.24, 2.45) is 0 Å². The molecule has 1 atom stereocenters. The van der Waals surface area contributed by atoms with Crippen LogP contribution in [0.5, 0.6) is 5.75 Å². The van der Waals surface area contributed by atoms with Crippen LogP contribution in [0.1, 0.15) is 13.8 Å². The van der Waals surface area contributed by atoms with E-state index in [-0.39, 0.29) is 12.6 Å². The van der Waals surface area contributed by atoms with Gasteiger partial charge in [-0.2, -0.15) is 0 Å². The fourth-order valence-electron chi connectivity index (χ4n) is 1.27. The second kappa shape index (κ2) is 7.23. The molecule has 0 heterocycles. The first kappa shape index (κ1) is 14.8. The van der Waals surface area contributed by atoms with Gasteiger partial charge in [0, 0.05) is 12.2 Å². The fourth-order valence-corrected chi connectivity index (χ4v) is 1.76. The van der Waals surface area contributed by atoms with Gasteiger partial charge < -0.3 is 20.5 Å². The first-order valence-corrected chi connectivity index (χ1v) is 6.47. The Labute approximate surface area is 115 Å². The number of aliphatic hydroxyl groups is 1. The number of rotatable bonds is 5. The Morgan fingerprint density at radius 2 is 2.28 bits per heavy atom. The Balaban J connectivity index is 2.57. The average Bonchev–Trinajstić information content (AvgIpc) is 2.30. The lowest BCUT2D eigenvalue weighted by atomic mass is 10.3. The molecule has 5 nitrogen and oxygen atoms in total. The van der Waals surface area contributed by atoms with E-state index in [0.29, 0.717) is 12.3 Å². The van der Waals surface area contributed by atoms with Crippen LogP contribution in [0.2, 0.25) is 0 Å². The Morgan fingerprint density at radius 3 is 2.83 bits per heavy atom. The van der Waals surface area contributed by atoms with Gasteiger partial charge in [-0.05, 0) is 48.0 Å². The van der Waals surface area contributed by atoms with Gasteiger partial charge in [0.1, 0.15) is 5.75 Å². The number of hydrogen-bond donors (Lipinski definition) is 3. The van der Waals surface area contributed by atoms with Crippen molar-refractivity contribution in [3.05, 3.63) is 22.7 Å². The molecule has 0 aromatic heterocycles. The van der Waals surface area contributed by atoms with Crippen LogP contribution in [-0.2, 0) is 0 Å². The van der Waals surface area contributed by atoms with Crippen molar-refractivity contribution in [2.75, 3.05) is 18.5 Å². The SMILES string of the molecule is CCOc1ccc(NC(=O)NC[C@@H](C)O)cc1Br. The van der Waals surface area contributed by atoms with Crippen molar-refractivity contribution in [3.63, 3.8) is 0 Å². The van der Waals surface area contributed by atoms with Crippen LogP contribution in [0.15, 0.2) is 22.7 Å². The van der Waals surface area contributed by atoms with E-state index in [0.717, 1.165) is 10.2 Å². The first-order chi connectivity index (χ1) is 8.52. The van der Waals surface area contributed by atoms with Gasteiger partial charge in [-0.15, -0.1) is 0 Å². The third-order valence-electron chi connectivity index (χ3n) is 2.05. The third kappa shape index (κ3) is 4.93. The molecule has 0 aliphatic heterocycles. The third-order valence-corrected chi connectivity index (χ3v) is 2.67. The molecule has 2 amide bonds. The van der Waals surface area contributed by atoms with Crippen LogP contribution < -0.4 is 15.4 Å². The quantitative estimate of drug-likeness (QED) is 0.781. The summed E-state index contributed by atoms with van der Waals surface area (Å²) in [5, 5.41) is 14.2. The van der Waals surface area contributed by atoms with Gasteiger partial charge in [-0.3, -0.25) is 0 Å². The average molecular weight is 317 g/mol. The zero-order chi connectivity index (χ0) is 13.5. The standard InChI is InChI=1S/C12H17BrN2O3/c1-3-18-11-5-4-9(6-10(11)13)15-12(17)14-7-8(2)16/h4-6,8,16H,3,7H2,1-2H3,(H2,14,15,17)/t8-/m1/s1. The Bertz CT molecular complexity index is 410. The van der Waals surface area contributed by atoms with Gasteiger partial charge in [0.2, 0.25) is 0 Å². The summed E-state index contributed by atoms with van der Waals surface area (Å²) >= 11 is 3.36. The molecule has 1 rings (SSSR count). The number of halogens is 1. The van der Waals surface area contributed by atoms with Crippen LogP contribution in [0.25, 0.3) is 0 Å². The molecule has 0 unspecified atom stereocenters. The van der Waals surface area contributed by atoms with Crippen molar-refractivity contribution in [1.29, 1.82) is 0 Å². The second-order valence-corrected chi connectivity index (χ2v) is 4.62. The Kier molecular flexibility index (Phi) is 5.94. The van der Waals surface area contributed by atoms with E-state index in [4.69, 9.17) is 9.84 Å². The predicted molar refractivity (Wildman–Crippen MR) is 74.0 cm³/mol. The largest absolute Gasteiger partial charge is 0.493 e. The number of nitrogens with one attached hydrogen (secondary N) is 2. The predicted octanol–water partition coefficient (Wildman–Crippen LogP) is 2.35. The summed E-state index contributed by atoms with van der Waals surface area (Å²) in [4.78, 5) is 11.5. The summed E-state index contributed by atoms with van der Waals surface area (Å²) in [6, 6.07) is 4.93. The molecule has 0 radical (unpaired) electrons. The number of aliphatic hydroxyl groups excluding tert-OH is 1. The Morgan fingerprint density at radius 1 is 1.56 bits per heavy atom. The molecule has 0 saturated heterocycles. The molecule has 6 heteroatoms. The zero-order valence-corrected chi connectivity index (χ0v) is 12.0. The van der Waals surface area contributed by atoms with Crippen LogP contribution in [0.4, 0.5) is 10.5 Å². The van der Waals surface area contributed by atoms with Crippen molar-refractivity contribution in [2.45, 2.75) is 20.0 Å². The van der Waals surface area contributed by atoms with E-state index in [9.17, 15) is 4.79 Å². The molecule has 1 aromatic carbocycles. The van der Waals surface area contributed by atoms with Crippen LogP contribution >= 0.6 is 15.9 Å². The zero-order valence-electron chi connectivity index (χ0n) is 10.4. The van der Waals surface area contributed by atoms with Gasteiger partial charge >= 0.3 is 6.03 Å². The lowest BCUT2D eigenvalue weighted by molar-refractivity contribution is 0.190.